The molecule has 2 fully saturated rings. The summed E-state index contributed by atoms with van der Waals surface area (Å²) in [6, 6.07) is 4.00. The number of hydrazone groups is 1. The van der Waals surface area contributed by atoms with Crippen LogP contribution in [0, 0.1) is 17.7 Å². The van der Waals surface area contributed by atoms with Crippen LogP contribution in [0.5, 0.6) is 0 Å². The summed E-state index contributed by atoms with van der Waals surface area (Å²) in [6.45, 7) is 5.42. The number of carbonyl (C=O) groups excluding carboxylic acids is 1. The number of carbonyl (C=O) groups is 1. The highest BCUT2D eigenvalue weighted by molar-refractivity contribution is 6.31. The Labute approximate surface area is 203 Å². The summed E-state index contributed by atoms with van der Waals surface area (Å²) in [6.07, 6.45) is 4.75. The number of aliphatic hydroxyl groups is 1. The molecule has 2 unspecified atom stereocenters. The first-order chi connectivity index (χ1) is 16.0. The monoisotopic (exact) mass is 488 g/mol. The van der Waals surface area contributed by atoms with Gasteiger partial charge in [-0.15, -0.1) is 0 Å². The zero-order chi connectivity index (χ0) is 24.8. The molecule has 8 nitrogen and oxygen atoms in total. The van der Waals surface area contributed by atoms with Crippen LogP contribution in [0.4, 0.5) is 15.9 Å². The number of halogens is 2. The second-order valence-corrected chi connectivity index (χ2v) is 9.91. The number of aromatic nitrogens is 2. The first kappa shape index (κ1) is 24.2. The molecule has 2 saturated carbocycles. The van der Waals surface area contributed by atoms with Gasteiger partial charge in [0.15, 0.2) is 0 Å². The third-order valence-corrected chi connectivity index (χ3v) is 7.58. The molecule has 1 heterocycles. The second kappa shape index (κ2) is 9.03. The van der Waals surface area contributed by atoms with E-state index in [1.54, 1.807) is 19.1 Å². The van der Waals surface area contributed by atoms with Crippen LogP contribution in [-0.2, 0) is 7.05 Å². The fourth-order valence-corrected chi connectivity index (χ4v) is 5.67. The zero-order valence-corrected chi connectivity index (χ0v) is 20.3. The molecule has 0 spiro atoms. The van der Waals surface area contributed by atoms with Crippen molar-refractivity contribution in [3.63, 3.8) is 0 Å². The van der Waals surface area contributed by atoms with E-state index in [1.165, 1.54) is 22.9 Å². The van der Waals surface area contributed by atoms with Gasteiger partial charge in [0.1, 0.15) is 17.2 Å². The summed E-state index contributed by atoms with van der Waals surface area (Å²) in [7, 11) is 3.49. The molecule has 2 aromatic rings. The number of benzene rings is 1. The predicted molar refractivity (Wildman–Crippen MR) is 131 cm³/mol. The fourth-order valence-electron chi connectivity index (χ4n) is 5.49. The molecule has 1 aromatic heterocycles. The maximum absolute atomic E-state index is 13.5. The number of amides is 1. The molecule has 4 rings (SSSR count). The molecule has 4 N–H and O–H groups in total. The third-order valence-electron chi connectivity index (χ3n) is 7.29. The largest absolute Gasteiger partial charge is 0.385 e. The zero-order valence-electron chi connectivity index (χ0n) is 19.6. The number of hydrogen-bond acceptors (Lipinski definition) is 6. The van der Waals surface area contributed by atoms with E-state index in [2.05, 4.69) is 22.2 Å². The lowest BCUT2D eigenvalue weighted by Gasteiger charge is -2.26. The first-order valence-corrected chi connectivity index (χ1v) is 11.6. The number of hydrogen-bond donors (Lipinski definition) is 3. The smallest absolute Gasteiger partial charge is 0.261 e. The van der Waals surface area contributed by atoms with Gasteiger partial charge in [0.25, 0.3) is 5.91 Å². The van der Waals surface area contributed by atoms with Crippen LogP contribution in [0.2, 0.25) is 5.02 Å². The van der Waals surface area contributed by atoms with Gasteiger partial charge in [0, 0.05) is 38.6 Å². The molecule has 10 heteroatoms. The SMILES string of the molecule is C=NN(C)/C=C(\C)C1(O)CC2CC(c3nn(C)c(N)c3C(=O)Nc3ccc(F)c(Cl)c3)CC2C1. The molecular weight excluding hydrogens is 459 g/mol. The van der Waals surface area contributed by atoms with E-state index in [1.807, 2.05) is 13.1 Å². The molecule has 1 aromatic carbocycles. The number of aryl methyl sites for hydroxylation is 1. The Kier molecular flexibility index (Phi) is 6.44. The van der Waals surface area contributed by atoms with Crippen molar-refractivity contribution < 1.29 is 14.3 Å². The molecule has 2 aliphatic rings. The van der Waals surface area contributed by atoms with Gasteiger partial charge in [-0.05, 0) is 68.2 Å². The van der Waals surface area contributed by atoms with Crippen molar-refractivity contribution in [1.29, 1.82) is 0 Å². The Morgan fingerprint density at radius 1 is 1.44 bits per heavy atom. The van der Waals surface area contributed by atoms with Crippen molar-refractivity contribution in [1.82, 2.24) is 14.8 Å². The number of rotatable bonds is 6. The molecule has 2 aliphatic carbocycles. The van der Waals surface area contributed by atoms with Gasteiger partial charge in [-0.3, -0.25) is 14.5 Å². The van der Waals surface area contributed by atoms with Crippen molar-refractivity contribution in [3.8, 4) is 0 Å². The predicted octanol–water partition coefficient (Wildman–Crippen LogP) is 4.13. The average Bonchev–Trinajstić information content (AvgIpc) is 3.40. The summed E-state index contributed by atoms with van der Waals surface area (Å²) >= 11 is 5.85. The Morgan fingerprint density at radius 2 is 2.09 bits per heavy atom. The molecule has 0 saturated heterocycles. The summed E-state index contributed by atoms with van der Waals surface area (Å²) in [5.41, 5.74) is 7.59. The van der Waals surface area contributed by atoms with Crippen LogP contribution in [0.1, 0.15) is 54.6 Å². The normalized spacial score (nSPS) is 26.4. The van der Waals surface area contributed by atoms with Crippen molar-refractivity contribution in [2.24, 2.45) is 24.0 Å². The standard InChI is InChI=1S/C24H30ClFN6O2/c1-13(12-31(3)28-2)24(34)10-15-7-14(8-16(15)11-24)21-20(22(27)32(4)30-21)23(33)29-17-5-6-19(26)18(25)9-17/h5-6,9,12,14-16,34H,2,7-8,10-11,27H2,1,3-4H3,(H,29,33)/b13-12+. The summed E-state index contributed by atoms with van der Waals surface area (Å²) in [4.78, 5) is 13.1. The van der Waals surface area contributed by atoms with Crippen LogP contribution < -0.4 is 11.1 Å². The molecule has 0 aliphatic heterocycles. The van der Waals surface area contributed by atoms with Gasteiger partial charge in [-0.1, -0.05) is 11.6 Å². The highest BCUT2D eigenvalue weighted by Gasteiger charge is 2.50. The van der Waals surface area contributed by atoms with E-state index in [0.717, 1.165) is 18.4 Å². The van der Waals surface area contributed by atoms with Crippen molar-refractivity contribution in [3.05, 3.63) is 52.1 Å². The maximum atomic E-state index is 13.5. The Hall–Kier alpha value is -2.91. The van der Waals surface area contributed by atoms with Crippen molar-refractivity contribution in [2.45, 2.75) is 44.1 Å². The summed E-state index contributed by atoms with van der Waals surface area (Å²) in [5, 5.41) is 24.0. The number of nitrogens with two attached hydrogens (primary N) is 1. The topological polar surface area (TPSA) is 109 Å². The number of nitrogens with zero attached hydrogens (tertiary/aromatic N) is 4. The molecule has 0 radical (unpaired) electrons. The minimum Gasteiger partial charge on any atom is -0.385 e. The lowest BCUT2D eigenvalue weighted by molar-refractivity contribution is 0.0740. The van der Waals surface area contributed by atoms with E-state index in [9.17, 15) is 14.3 Å². The fraction of sp³-hybridized carbons (Fsp3) is 0.458. The molecule has 1 amide bonds. The lowest BCUT2D eigenvalue weighted by atomic mass is 9.87. The second-order valence-electron chi connectivity index (χ2n) is 9.51. The number of nitrogens with one attached hydrogen (secondary N) is 1. The quantitative estimate of drug-likeness (QED) is 0.418. The van der Waals surface area contributed by atoms with Gasteiger partial charge < -0.3 is 16.2 Å². The van der Waals surface area contributed by atoms with Crippen LogP contribution in [0.3, 0.4) is 0 Å². The minimum atomic E-state index is -0.871. The van der Waals surface area contributed by atoms with Crippen LogP contribution >= 0.6 is 11.6 Å². The highest BCUT2D eigenvalue weighted by Crippen LogP contribution is 2.55. The average molecular weight is 489 g/mol. The van der Waals surface area contributed by atoms with Crippen LogP contribution in [0.15, 0.2) is 35.1 Å². The molecule has 182 valence electrons. The Balaban J connectivity index is 1.52. The molecule has 34 heavy (non-hydrogen) atoms. The van der Waals surface area contributed by atoms with E-state index >= 15 is 0 Å². The van der Waals surface area contributed by atoms with E-state index < -0.39 is 17.3 Å². The number of fused-ring (bicyclic) bond motifs is 1. The summed E-state index contributed by atoms with van der Waals surface area (Å²) in [5.74, 6) is -0.00651. The van der Waals surface area contributed by atoms with Gasteiger partial charge in [-0.2, -0.15) is 10.2 Å². The minimum absolute atomic E-state index is 0.0578. The third kappa shape index (κ3) is 4.42. The van der Waals surface area contributed by atoms with E-state index in [0.29, 0.717) is 41.6 Å². The Morgan fingerprint density at radius 3 is 2.68 bits per heavy atom. The number of anilines is 2. The Bertz CT molecular complexity index is 1150. The van der Waals surface area contributed by atoms with Crippen molar-refractivity contribution in [2.75, 3.05) is 18.1 Å². The molecular formula is C24H30ClFN6O2. The van der Waals surface area contributed by atoms with Gasteiger partial charge in [0.05, 0.1) is 16.3 Å². The van der Waals surface area contributed by atoms with Crippen molar-refractivity contribution >= 4 is 35.7 Å². The van der Waals surface area contributed by atoms with E-state index in [4.69, 9.17) is 17.3 Å². The highest BCUT2D eigenvalue weighted by atomic mass is 35.5. The van der Waals surface area contributed by atoms with E-state index in [-0.39, 0.29) is 16.8 Å². The first-order valence-electron chi connectivity index (χ1n) is 11.2. The molecule has 2 atom stereocenters. The summed E-state index contributed by atoms with van der Waals surface area (Å²) < 4.78 is 15.0. The van der Waals surface area contributed by atoms with Gasteiger partial charge >= 0.3 is 0 Å². The van der Waals surface area contributed by atoms with Crippen LogP contribution in [-0.4, -0.2) is 45.2 Å². The van der Waals surface area contributed by atoms with Crippen LogP contribution in [0.25, 0.3) is 0 Å². The van der Waals surface area contributed by atoms with Gasteiger partial charge in [0.2, 0.25) is 0 Å². The number of nitrogen functional groups attached to an aromatic ring is 1. The lowest BCUT2D eigenvalue weighted by Crippen LogP contribution is -2.28. The van der Waals surface area contributed by atoms with Gasteiger partial charge in [-0.25, -0.2) is 4.39 Å². The molecule has 0 bridgehead atoms. The maximum Gasteiger partial charge on any atom is 0.261 e.